The van der Waals surface area contributed by atoms with Crippen molar-refractivity contribution in [1.29, 1.82) is 0 Å². The average Bonchev–Trinajstić information content (AvgIpc) is 2.39. The molecule has 0 bridgehead atoms. The van der Waals surface area contributed by atoms with Gasteiger partial charge in [0, 0.05) is 0 Å². The third-order valence-electron chi connectivity index (χ3n) is 3.81. The van der Waals surface area contributed by atoms with Gasteiger partial charge in [-0.15, -0.1) is 0 Å². The zero-order valence-corrected chi connectivity index (χ0v) is 10.5. The second-order valence-corrected chi connectivity index (χ2v) is 5.19. The molecule has 2 N–H and O–H groups in total. The molecule has 0 aromatic heterocycles. The Morgan fingerprint density at radius 2 is 1.59 bits per heavy atom. The number of rotatable bonds is 3. The highest BCUT2D eigenvalue weighted by Gasteiger charge is 2.17. The highest BCUT2D eigenvalue weighted by molar-refractivity contribution is 5.27. The van der Waals surface area contributed by atoms with Crippen molar-refractivity contribution in [2.45, 2.75) is 57.2 Å². The lowest BCUT2D eigenvalue weighted by molar-refractivity contribution is 0.0305. The molecule has 1 aliphatic carbocycles. The molecule has 0 aliphatic heterocycles. The van der Waals surface area contributed by atoms with Crippen LogP contribution in [0.15, 0.2) is 24.3 Å². The van der Waals surface area contributed by atoms with Gasteiger partial charge >= 0.3 is 0 Å². The predicted molar refractivity (Wildman–Crippen MR) is 68.9 cm³/mol. The molecular formula is C15H22O2. The molecule has 17 heavy (non-hydrogen) atoms. The van der Waals surface area contributed by atoms with Crippen LogP contribution in [-0.4, -0.2) is 16.3 Å². The standard InChI is InChI=1S/C15H22O2/c1-11(16)15(17)14-9-7-13(8-10-14)12-5-3-2-4-6-12/h7-12,15-17H,2-6H2,1H3. The maximum Gasteiger partial charge on any atom is 0.105 e. The maximum atomic E-state index is 9.75. The van der Waals surface area contributed by atoms with E-state index >= 15 is 0 Å². The number of aliphatic hydroxyl groups is 2. The molecule has 2 nitrogen and oxygen atoms in total. The third-order valence-corrected chi connectivity index (χ3v) is 3.81. The molecule has 0 radical (unpaired) electrons. The number of benzene rings is 1. The summed E-state index contributed by atoms with van der Waals surface area (Å²) < 4.78 is 0. The maximum absolute atomic E-state index is 9.75. The van der Waals surface area contributed by atoms with Gasteiger partial charge in [0.15, 0.2) is 0 Å². The van der Waals surface area contributed by atoms with E-state index in [9.17, 15) is 10.2 Å². The Morgan fingerprint density at radius 1 is 1.00 bits per heavy atom. The van der Waals surface area contributed by atoms with E-state index in [4.69, 9.17) is 0 Å². The Kier molecular flexibility index (Phi) is 4.19. The van der Waals surface area contributed by atoms with E-state index in [-0.39, 0.29) is 0 Å². The molecule has 1 saturated carbocycles. The van der Waals surface area contributed by atoms with E-state index < -0.39 is 12.2 Å². The smallest absolute Gasteiger partial charge is 0.105 e. The van der Waals surface area contributed by atoms with Crippen LogP contribution in [0.4, 0.5) is 0 Å². The molecule has 1 aromatic rings. The molecule has 2 heteroatoms. The number of hydrogen-bond acceptors (Lipinski definition) is 2. The van der Waals surface area contributed by atoms with Crippen LogP contribution in [-0.2, 0) is 0 Å². The first-order chi connectivity index (χ1) is 8.18. The minimum absolute atomic E-state index is 0.696. The lowest BCUT2D eigenvalue weighted by Gasteiger charge is -2.22. The van der Waals surface area contributed by atoms with Crippen LogP contribution in [0.25, 0.3) is 0 Å². The van der Waals surface area contributed by atoms with Gasteiger partial charge in [-0.1, -0.05) is 43.5 Å². The Labute approximate surface area is 103 Å². The van der Waals surface area contributed by atoms with Crippen LogP contribution in [0, 0.1) is 0 Å². The Balaban J connectivity index is 2.06. The van der Waals surface area contributed by atoms with Crippen molar-refractivity contribution < 1.29 is 10.2 Å². The molecular weight excluding hydrogens is 212 g/mol. The first-order valence-electron chi connectivity index (χ1n) is 6.64. The second-order valence-electron chi connectivity index (χ2n) is 5.19. The van der Waals surface area contributed by atoms with E-state index in [0.717, 1.165) is 5.56 Å². The van der Waals surface area contributed by atoms with Gasteiger partial charge < -0.3 is 10.2 Å². The minimum atomic E-state index is -0.768. The van der Waals surface area contributed by atoms with E-state index in [2.05, 4.69) is 12.1 Å². The van der Waals surface area contributed by atoms with Gasteiger partial charge in [-0.25, -0.2) is 0 Å². The van der Waals surface area contributed by atoms with Crippen LogP contribution >= 0.6 is 0 Å². The monoisotopic (exact) mass is 234 g/mol. The van der Waals surface area contributed by atoms with E-state index in [1.165, 1.54) is 37.7 Å². The SMILES string of the molecule is CC(O)C(O)c1ccc(C2CCCCC2)cc1. The summed E-state index contributed by atoms with van der Waals surface area (Å²) in [5.74, 6) is 0.696. The van der Waals surface area contributed by atoms with Crippen LogP contribution in [0.1, 0.15) is 62.2 Å². The Bertz CT molecular complexity index is 336. The van der Waals surface area contributed by atoms with Gasteiger partial charge in [0.1, 0.15) is 6.10 Å². The van der Waals surface area contributed by atoms with Crippen molar-refractivity contribution in [2.24, 2.45) is 0 Å². The number of hydrogen-bond donors (Lipinski definition) is 2. The molecule has 0 amide bonds. The highest BCUT2D eigenvalue weighted by atomic mass is 16.3. The molecule has 94 valence electrons. The van der Waals surface area contributed by atoms with Gasteiger partial charge in [-0.2, -0.15) is 0 Å². The van der Waals surface area contributed by atoms with Crippen LogP contribution in [0.5, 0.6) is 0 Å². The molecule has 0 saturated heterocycles. The van der Waals surface area contributed by atoms with Crippen molar-refractivity contribution >= 4 is 0 Å². The van der Waals surface area contributed by atoms with Gasteiger partial charge in [0.2, 0.25) is 0 Å². The summed E-state index contributed by atoms with van der Waals surface area (Å²) in [4.78, 5) is 0. The average molecular weight is 234 g/mol. The van der Waals surface area contributed by atoms with Crippen molar-refractivity contribution in [3.8, 4) is 0 Å². The normalized spacial score (nSPS) is 21.1. The summed E-state index contributed by atoms with van der Waals surface area (Å²) >= 11 is 0. The van der Waals surface area contributed by atoms with Gasteiger partial charge in [-0.05, 0) is 36.8 Å². The van der Waals surface area contributed by atoms with Crippen LogP contribution < -0.4 is 0 Å². The third kappa shape index (κ3) is 3.08. The fourth-order valence-corrected chi connectivity index (χ4v) is 2.68. The largest absolute Gasteiger partial charge is 0.390 e. The van der Waals surface area contributed by atoms with E-state index in [0.29, 0.717) is 5.92 Å². The molecule has 1 aliphatic rings. The summed E-state index contributed by atoms with van der Waals surface area (Å²) in [7, 11) is 0. The highest BCUT2D eigenvalue weighted by Crippen LogP contribution is 2.33. The molecule has 2 rings (SSSR count). The fourth-order valence-electron chi connectivity index (χ4n) is 2.68. The van der Waals surface area contributed by atoms with E-state index in [1.807, 2.05) is 12.1 Å². The van der Waals surface area contributed by atoms with Crippen molar-refractivity contribution in [3.63, 3.8) is 0 Å². The van der Waals surface area contributed by atoms with Gasteiger partial charge in [0.05, 0.1) is 6.10 Å². The molecule has 1 aromatic carbocycles. The predicted octanol–water partition coefficient (Wildman–Crippen LogP) is 3.15. The van der Waals surface area contributed by atoms with Crippen molar-refractivity contribution in [1.82, 2.24) is 0 Å². The van der Waals surface area contributed by atoms with Gasteiger partial charge in [-0.3, -0.25) is 0 Å². The molecule has 1 fully saturated rings. The topological polar surface area (TPSA) is 40.5 Å². The molecule has 2 atom stereocenters. The zero-order valence-electron chi connectivity index (χ0n) is 10.5. The van der Waals surface area contributed by atoms with Crippen LogP contribution in [0.3, 0.4) is 0 Å². The quantitative estimate of drug-likeness (QED) is 0.843. The lowest BCUT2D eigenvalue weighted by atomic mass is 9.83. The summed E-state index contributed by atoms with van der Waals surface area (Å²) in [5.41, 5.74) is 2.19. The summed E-state index contributed by atoms with van der Waals surface area (Å²) in [6.45, 7) is 1.61. The Morgan fingerprint density at radius 3 is 2.12 bits per heavy atom. The number of aliphatic hydroxyl groups excluding tert-OH is 2. The summed E-state index contributed by atoms with van der Waals surface area (Å²) in [5, 5.41) is 19.1. The fraction of sp³-hybridized carbons (Fsp3) is 0.600. The van der Waals surface area contributed by atoms with Crippen molar-refractivity contribution in [2.75, 3.05) is 0 Å². The van der Waals surface area contributed by atoms with Gasteiger partial charge in [0.25, 0.3) is 0 Å². The van der Waals surface area contributed by atoms with E-state index in [1.54, 1.807) is 6.92 Å². The Hall–Kier alpha value is -0.860. The lowest BCUT2D eigenvalue weighted by Crippen LogP contribution is -2.13. The van der Waals surface area contributed by atoms with Crippen LogP contribution in [0.2, 0.25) is 0 Å². The molecule has 0 heterocycles. The molecule has 0 spiro atoms. The second kappa shape index (κ2) is 5.65. The van der Waals surface area contributed by atoms with Crippen molar-refractivity contribution in [3.05, 3.63) is 35.4 Å². The summed E-state index contributed by atoms with van der Waals surface area (Å²) in [6.07, 6.45) is 5.14. The first kappa shape index (κ1) is 12.6. The molecule has 2 unspecified atom stereocenters. The summed E-state index contributed by atoms with van der Waals surface area (Å²) in [6, 6.07) is 8.11. The zero-order chi connectivity index (χ0) is 12.3. The first-order valence-corrected chi connectivity index (χ1v) is 6.64. The minimum Gasteiger partial charge on any atom is -0.390 e.